The SMILES string of the molecule is Cc1cc(C)nc(SCc2ccc(C(=O)N/N=C/c3ccc(F)cc3F)cc2)n1. The van der Waals surface area contributed by atoms with Gasteiger partial charge in [0.15, 0.2) is 5.16 Å². The van der Waals surface area contributed by atoms with Crippen LogP contribution in [0, 0.1) is 25.5 Å². The van der Waals surface area contributed by atoms with Crippen LogP contribution in [-0.2, 0) is 5.75 Å². The Morgan fingerprint density at radius 3 is 2.41 bits per heavy atom. The zero-order valence-corrected chi connectivity index (χ0v) is 16.6. The number of hydrogen-bond donors (Lipinski definition) is 1. The number of rotatable bonds is 6. The van der Waals surface area contributed by atoms with E-state index >= 15 is 0 Å². The second-order valence-corrected chi connectivity index (χ2v) is 7.23. The number of amides is 1. The highest BCUT2D eigenvalue weighted by atomic mass is 32.2. The van der Waals surface area contributed by atoms with Crippen LogP contribution in [-0.4, -0.2) is 22.1 Å². The van der Waals surface area contributed by atoms with E-state index in [1.807, 2.05) is 32.0 Å². The van der Waals surface area contributed by atoms with Gasteiger partial charge >= 0.3 is 0 Å². The molecule has 3 aromatic rings. The summed E-state index contributed by atoms with van der Waals surface area (Å²) < 4.78 is 26.4. The van der Waals surface area contributed by atoms with Crippen LogP contribution >= 0.6 is 11.8 Å². The Bertz CT molecular complexity index is 1030. The lowest BCUT2D eigenvalue weighted by Gasteiger charge is -2.05. The number of aromatic nitrogens is 2. The van der Waals surface area contributed by atoms with Gasteiger partial charge in [0.1, 0.15) is 11.6 Å². The van der Waals surface area contributed by atoms with Crippen LogP contribution in [0.2, 0.25) is 0 Å². The second kappa shape index (κ2) is 9.38. The molecule has 0 aliphatic carbocycles. The Kier molecular flexibility index (Phi) is 6.66. The summed E-state index contributed by atoms with van der Waals surface area (Å²) in [5.74, 6) is -1.18. The van der Waals surface area contributed by atoms with Crippen LogP contribution in [0.1, 0.15) is 32.9 Å². The van der Waals surface area contributed by atoms with Crippen molar-refractivity contribution in [1.82, 2.24) is 15.4 Å². The van der Waals surface area contributed by atoms with E-state index in [9.17, 15) is 13.6 Å². The highest BCUT2D eigenvalue weighted by Crippen LogP contribution is 2.20. The number of halogens is 2. The van der Waals surface area contributed by atoms with Crippen molar-refractivity contribution >= 4 is 23.9 Å². The van der Waals surface area contributed by atoms with E-state index in [-0.39, 0.29) is 5.56 Å². The van der Waals surface area contributed by atoms with E-state index in [1.54, 1.807) is 12.1 Å². The summed E-state index contributed by atoms with van der Waals surface area (Å²) in [5, 5.41) is 4.43. The zero-order chi connectivity index (χ0) is 20.8. The summed E-state index contributed by atoms with van der Waals surface area (Å²) in [4.78, 5) is 20.9. The van der Waals surface area contributed by atoms with Gasteiger partial charge in [0.25, 0.3) is 5.91 Å². The number of carbonyl (C=O) groups excluding carboxylic acids is 1. The first-order valence-corrected chi connectivity index (χ1v) is 9.72. The van der Waals surface area contributed by atoms with Crippen LogP contribution in [0.25, 0.3) is 0 Å². The van der Waals surface area contributed by atoms with Crippen molar-refractivity contribution in [3.8, 4) is 0 Å². The fourth-order valence-corrected chi connectivity index (χ4v) is 3.39. The zero-order valence-electron chi connectivity index (χ0n) is 15.8. The molecular formula is C21H18F2N4OS. The molecule has 1 amide bonds. The van der Waals surface area contributed by atoms with Gasteiger partial charge in [-0.05, 0) is 49.7 Å². The maximum atomic E-state index is 13.5. The van der Waals surface area contributed by atoms with Crippen molar-refractivity contribution in [2.24, 2.45) is 5.10 Å². The Morgan fingerprint density at radius 1 is 1.07 bits per heavy atom. The van der Waals surface area contributed by atoms with Crippen molar-refractivity contribution < 1.29 is 13.6 Å². The van der Waals surface area contributed by atoms with Gasteiger partial charge in [-0.25, -0.2) is 24.2 Å². The quantitative estimate of drug-likeness (QED) is 0.282. The van der Waals surface area contributed by atoms with Crippen molar-refractivity contribution in [2.45, 2.75) is 24.8 Å². The van der Waals surface area contributed by atoms with Crippen molar-refractivity contribution in [3.63, 3.8) is 0 Å². The molecule has 0 saturated carbocycles. The third kappa shape index (κ3) is 5.92. The van der Waals surface area contributed by atoms with E-state index in [1.165, 1.54) is 17.8 Å². The molecule has 0 fully saturated rings. The molecule has 1 heterocycles. The molecule has 1 N–H and O–H groups in total. The van der Waals surface area contributed by atoms with Crippen LogP contribution < -0.4 is 5.43 Å². The lowest BCUT2D eigenvalue weighted by molar-refractivity contribution is 0.0955. The molecule has 0 radical (unpaired) electrons. The molecule has 148 valence electrons. The largest absolute Gasteiger partial charge is 0.271 e. The first kappa shape index (κ1) is 20.6. The molecule has 5 nitrogen and oxygen atoms in total. The summed E-state index contributed by atoms with van der Waals surface area (Å²) in [6.45, 7) is 3.86. The summed E-state index contributed by atoms with van der Waals surface area (Å²) >= 11 is 1.52. The topological polar surface area (TPSA) is 67.2 Å². The number of nitrogens with zero attached hydrogens (tertiary/aromatic N) is 3. The van der Waals surface area contributed by atoms with Crippen molar-refractivity contribution in [1.29, 1.82) is 0 Å². The molecule has 29 heavy (non-hydrogen) atoms. The lowest BCUT2D eigenvalue weighted by atomic mass is 10.1. The Hall–Kier alpha value is -3.13. The third-order valence-electron chi connectivity index (χ3n) is 3.88. The fraction of sp³-hybridized carbons (Fsp3) is 0.143. The second-order valence-electron chi connectivity index (χ2n) is 6.28. The van der Waals surface area contributed by atoms with Crippen LogP contribution in [0.5, 0.6) is 0 Å². The molecule has 0 bridgehead atoms. The minimum absolute atomic E-state index is 0.0766. The minimum atomic E-state index is -0.752. The molecule has 0 spiro atoms. The highest BCUT2D eigenvalue weighted by molar-refractivity contribution is 7.98. The number of hydrogen-bond acceptors (Lipinski definition) is 5. The molecule has 0 aliphatic heterocycles. The first-order valence-electron chi connectivity index (χ1n) is 8.73. The summed E-state index contributed by atoms with van der Waals surface area (Å²) in [6, 6.07) is 12.1. The smallest absolute Gasteiger partial charge is 0.267 e. The Morgan fingerprint density at radius 2 is 1.76 bits per heavy atom. The molecule has 1 aromatic heterocycles. The number of hydrazone groups is 1. The average molecular weight is 412 g/mol. The van der Waals surface area contributed by atoms with Crippen LogP contribution in [0.3, 0.4) is 0 Å². The Labute approximate surface area is 171 Å². The van der Waals surface area contributed by atoms with Crippen molar-refractivity contribution in [2.75, 3.05) is 0 Å². The number of benzene rings is 2. The third-order valence-corrected chi connectivity index (χ3v) is 4.80. The van der Waals surface area contributed by atoms with Gasteiger partial charge in [-0.2, -0.15) is 5.10 Å². The lowest BCUT2D eigenvalue weighted by Crippen LogP contribution is -2.17. The predicted molar refractivity (Wildman–Crippen MR) is 109 cm³/mol. The first-order chi connectivity index (χ1) is 13.9. The maximum Gasteiger partial charge on any atom is 0.271 e. The Balaban J connectivity index is 1.56. The normalized spacial score (nSPS) is 11.0. The standard InChI is InChI=1S/C21H18F2N4OS/c1-13-9-14(2)26-21(25-13)29-12-15-3-5-16(6-4-15)20(28)27-24-11-17-7-8-18(22)10-19(17)23/h3-11H,12H2,1-2H3,(H,27,28)/b24-11+. The minimum Gasteiger partial charge on any atom is -0.267 e. The molecule has 0 unspecified atom stereocenters. The van der Waals surface area contributed by atoms with E-state index in [2.05, 4.69) is 20.5 Å². The summed E-state index contributed by atoms with van der Waals surface area (Å²) in [7, 11) is 0. The van der Waals surface area contributed by atoms with Gasteiger partial charge < -0.3 is 0 Å². The average Bonchev–Trinajstić information content (AvgIpc) is 2.67. The van der Waals surface area contributed by atoms with Crippen LogP contribution in [0.4, 0.5) is 8.78 Å². The van der Waals surface area contributed by atoms with Gasteiger partial charge in [-0.15, -0.1) is 0 Å². The van der Waals surface area contributed by atoms with E-state index in [0.29, 0.717) is 16.5 Å². The van der Waals surface area contributed by atoms with Crippen molar-refractivity contribution in [3.05, 3.63) is 88.2 Å². The number of carbonyl (C=O) groups is 1. The molecule has 8 heteroatoms. The molecule has 2 aromatic carbocycles. The van der Waals surface area contributed by atoms with Gasteiger partial charge in [0, 0.05) is 34.3 Å². The van der Waals surface area contributed by atoms with E-state index in [0.717, 1.165) is 35.3 Å². The monoisotopic (exact) mass is 412 g/mol. The molecule has 0 atom stereocenters. The molecule has 0 saturated heterocycles. The molecular weight excluding hydrogens is 394 g/mol. The van der Waals surface area contributed by atoms with Gasteiger partial charge in [0.05, 0.1) is 6.21 Å². The van der Waals surface area contributed by atoms with Crippen LogP contribution in [0.15, 0.2) is 58.8 Å². The fourth-order valence-electron chi connectivity index (χ4n) is 2.49. The molecule has 0 aliphatic rings. The van der Waals surface area contributed by atoms with Gasteiger partial charge in [-0.1, -0.05) is 23.9 Å². The van der Waals surface area contributed by atoms with Gasteiger partial charge in [-0.3, -0.25) is 4.79 Å². The summed E-state index contributed by atoms with van der Waals surface area (Å²) in [6.07, 6.45) is 1.13. The van der Waals surface area contributed by atoms with E-state index < -0.39 is 17.5 Å². The number of aryl methyl sites for hydroxylation is 2. The van der Waals surface area contributed by atoms with E-state index in [4.69, 9.17) is 0 Å². The number of thioether (sulfide) groups is 1. The maximum absolute atomic E-state index is 13.5. The predicted octanol–water partition coefficient (Wildman–Crippen LogP) is 4.43. The summed E-state index contributed by atoms with van der Waals surface area (Å²) in [5.41, 5.74) is 5.68. The number of nitrogens with one attached hydrogen (secondary N) is 1. The highest BCUT2D eigenvalue weighted by Gasteiger charge is 2.06. The van der Waals surface area contributed by atoms with Gasteiger partial charge in [0.2, 0.25) is 0 Å². The molecule has 3 rings (SSSR count).